The fraction of sp³-hybridized carbons (Fsp3) is 0.867. The number of carbonyl (C=O) groups is 2. The molecule has 2 fully saturated rings. The predicted octanol–water partition coefficient (Wildman–Crippen LogP) is 2.80. The Balaban J connectivity index is 1.95. The van der Waals surface area contributed by atoms with Crippen LogP contribution in [0.15, 0.2) is 10.2 Å². The van der Waals surface area contributed by atoms with Gasteiger partial charge in [0.1, 0.15) is 24.3 Å². The van der Waals surface area contributed by atoms with Gasteiger partial charge in [0.2, 0.25) is 0 Å². The van der Waals surface area contributed by atoms with Crippen molar-refractivity contribution in [3.05, 3.63) is 0 Å². The van der Waals surface area contributed by atoms with E-state index >= 15 is 0 Å². The van der Waals surface area contributed by atoms with Crippen LogP contribution >= 0.6 is 0 Å². The van der Waals surface area contributed by atoms with Crippen LogP contribution in [0, 0.1) is 0 Å². The van der Waals surface area contributed by atoms with Gasteiger partial charge >= 0.3 is 5.97 Å². The van der Waals surface area contributed by atoms with E-state index in [0.29, 0.717) is 6.47 Å². The van der Waals surface area contributed by atoms with Crippen LogP contribution < -0.4 is 0 Å². The van der Waals surface area contributed by atoms with Gasteiger partial charge in [-0.15, -0.1) is 0 Å². The standard InChI is InChI=1S/C15H24N2O4/c1-11(19)21-15-9-5-3-7-13(15)17-16-12-6-2-4-8-14(12)20-10-18/h10,12-15H,2-9H2,1H3. The first-order valence-corrected chi connectivity index (χ1v) is 7.87. The number of nitrogens with zero attached hydrogens (tertiary/aromatic N) is 2. The Morgan fingerprint density at radius 1 is 0.952 bits per heavy atom. The van der Waals surface area contributed by atoms with Gasteiger partial charge in [0.05, 0.1) is 0 Å². The van der Waals surface area contributed by atoms with Crippen molar-refractivity contribution in [1.29, 1.82) is 0 Å². The molecule has 2 aliphatic rings. The average Bonchev–Trinajstić information content (AvgIpc) is 2.47. The summed E-state index contributed by atoms with van der Waals surface area (Å²) in [5.74, 6) is -0.262. The van der Waals surface area contributed by atoms with Gasteiger partial charge in [-0.25, -0.2) is 0 Å². The highest BCUT2D eigenvalue weighted by atomic mass is 16.5. The Morgan fingerprint density at radius 2 is 1.48 bits per heavy atom. The average molecular weight is 296 g/mol. The number of hydrogen-bond acceptors (Lipinski definition) is 6. The van der Waals surface area contributed by atoms with E-state index in [9.17, 15) is 9.59 Å². The smallest absolute Gasteiger partial charge is 0.302 e. The van der Waals surface area contributed by atoms with Crippen LogP contribution in [0.5, 0.6) is 0 Å². The van der Waals surface area contributed by atoms with E-state index in [0.717, 1.165) is 51.4 Å². The second-order valence-corrected chi connectivity index (χ2v) is 5.85. The molecule has 0 amide bonds. The van der Waals surface area contributed by atoms with Crippen molar-refractivity contribution in [3.63, 3.8) is 0 Å². The summed E-state index contributed by atoms with van der Waals surface area (Å²) in [4.78, 5) is 21.7. The van der Waals surface area contributed by atoms with Gasteiger partial charge in [-0.05, 0) is 38.5 Å². The molecular formula is C15H24N2O4. The monoisotopic (exact) mass is 296 g/mol. The summed E-state index contributed by atoms with van der Waals surface area (Å²) >= 11 is 0. The van der Waals surface area contributed by atoms with Crippen LogP contribution in [-0.2, 0) is 19.1 Å². The zero-order valence-electron chi connectivity index (χ0n) is 12.6. The topological polar surface area (TPSA) is 77.3 Å². The van der Waals surface area contributed by atoms with E-state index in [-0.39, 0.29) is 30.3 Å². The summed E-state index contributed by atoms with van der Waals surface area (Å²) in [6, 6.07) is -0.106. The molecule has 6 heteroatoms. The first-order chi connectivity index (χ1) is 10.2. The van der Waals surface area contributed by atoms with Gasteiger partial charge in [-0.2, -0.15) is 10.2 Å². The molecular weight excluding hydrogens is 272 g/mol. The Hall–Kier alpha value is -1.46. The summed E-state index contributed by atoms with van der Waals surface area (Å²) in [5, 5.41) is 8.84. The molecule has 4 unspecified atom stereocenters. The molecule has 0 saturated heterocycles. The molecule has 118 valence electrons. The molecule has 2 rings (SSSR count). The quantitative estimate of drug-likeness (QED) is 0.444. The van der Waals surface area contributed by atoms with Gasteiger partial charge in [-0.1, -0.05) is 12.8 Å². The van der Waals surface area contributed by atoms with E-state index in [2.05, 4.69) is 10.2 Å². The lowest BCUT2D eigenvalue weighted by Gasteiger charge is -2.29. The summed E-state index contributed by atoms with van der Waals surface area (Å²) in [6.45, 7) is 1.93. The maximum absolute atomic E-state index is 11.1. The highest BCUT2D eigenvalue weighted by Gasteiger charge is 2.30. The minimum atomic E-state index is -0.262. The number of hydrogen-bond donors (Lipinski definition) is 0. The highest BCUT2D eigenvalue weighted by Crippen LogP contribution is 2.27. The lowest BCUT2D eigenvalue weighted by atomic mass is 9.92. The lowest BCUT2D eigenvalue weighted by molar-refractivity contribution is -0.148. The second-order valence-electron chi connectivity index (χ2n) is 5.85. The first-order valence-electron chi connectivity index (χ1n) is 7.87. The second kappa shape index (κ2) is 8.10. The first kappa shape index (κ1) is 15.9. The Morgan fingerprint density at radius 3 is 2.05 bits per heavy atom. The number of esters is 1. The molecule has 0 aromatic heterocycles. The third kappa shape index (κ3) is 4.79. The molecule has 0 aromatic carbocycles. The zero-order valence-corrected chi connectivity index (χ0v) is 12.6. The molecule has 0 N–H and O–H groups in total. The third-order valence-electron chi connectivity index (χ3n) is 4.25. The maximum atomic E-state index is 11.1. The van der Waals surface area contributed by atoms with Crippen molar-refractivity contribution in [2.24, 2.45) is 10.2 Å². The predicted molar refractivity (Wildman–Crippen MR) is 75.9 cm³/mol. The maximum Gasteiger partial charge on any atom is 0.302 e. The van der Waals surface area contributed by atoms with Crippen LogP contribution in [0.25, 0.3) is 0 Å². The van der Waals surface area contributed by atoms with Crippen LogP contribution in [0.2, 0.25) is 0 Å². The van der Waals surface area contributed by atoms with Crippen LogP contribution in [-0.4, -0.2) is 36.7 Å². The largest absolute Gasteiger partial charge is 0.462 e. The number of ether oxygens (including phenoxy) is 2. The fourth-order valence-corrected chi connectivity index (χ4v) is 3.17. The highest BCUT2D eigenvalue weighted by molar-refractivity contribution is 5.66. The van der Waals surface area contributed by atoms with Crippen molar-refractivity contribution in [2.45, 2.75) is 82.6 Å². The summed E-state index contributed by atoms with van der Waals surface area (Å²) in [5.41, 5.74) is 0. The van der Waals surface area contributed by atoms with Crippen molar-refractivity contribution in [1.82, 2.24) is 0 Å². The molecule has 2 saturated carbocycles. The van der Waals surface area contributed by atoms with E-state index in [1.54, 1.807) is 0 Å². The van der Waals surface area contributed by atoms with Gasteiger partial charge in [0.25, 0.3) is 6.47 Å². The Bertz CT molecular complexity index is 386. The molecule has 0 heterocycles. The van der Waals surface area contributed by atoms with Gasteiger partial charge < -0.3 is 9.47 Å². The van der Waals surface area contributed by atoms with Crippen molar-refractivity contribution >= 4 is 12.4 Å². The van der Waals surface area contributed by atoms with E-state index < -0.39 is 0 Å². The molecule has 0 aliphatic heterocycles. The van der Waals surface area contributed by atoms with Crippen LogP contribution in [0.4, 0.5) is 0 Å². The molecule has 0 aromatic rings. The molecule has 2 aliphatic carbocycles. The molecule has 0 bridgehead atoms. The van der Waals surface area contributed by atoms with Gasteiger partial charge in [0, 0.05) is 6.92 Å². The minimum absolute atomic E-state index is 0.0520. The van der Waals surface area contributed by atoms with Crippen molar-refractivity contribution in [3.8, 4) is 0 Å². The lowest BCUT2D eigenvalue weighted by Crippen LogP contribution is -2.34. The van der Waals surface area contributed by atoms with Crippen molar-refractivity contribution < 1.29 is 19.1 Å². The van der Waals surface area contributed by atoms with Gasteiger partial charge in [0.15, 0.2) is 0 Å². The van der Waals surface area contributed by atoms with Gasteiger partial charge in [-0.3, -0.25) is 9.59 Å². The normalized spacial score (nSPS) is 33.6. The zero-order chi connectivity index (χ0) is 15.1. The minimum Gasteiger partial charge on any atom is -0.462 e. The third-order valence-corrected chi connectivity index (χ3v) is 4.25. The Labute approximate surface area is 125 Å². The molecule has 4 atom stereocenters. The Kier molecular flexibility index (Phi) is 6.14. The van der Waals surface area contributed by atoms with E-state index in [4.69, 9.17) is 9.47 Å². The van der Waals surface area contributed by atoms with E-state index in [1.807, 2.05) is 0 Å². The summed E-state index contributed by atoms with van der Waals surface area (Å²) < 4.78 is 10.4. The summed E-state index contributed by atoms with van der Waals surface area (Å²) in [7, 11) is 0. The summed E-state index contributed by atoms with van der Waals surface area (Å²) in [6.07, 6.45) is 7.46. The van der Waals surface area contributed by atoms with Crippen molar-refractivity contribution in [2.75, 3.05) is 0 Å². The molecule has 0 radical (unpaired) electrons. The SMILES string of the molecule is CC(=O)OC1CCCCC1N=NC1CCCCC1OC=O. The van der Waals surface area contributed by atoms with Crippen LogP contribution in [0.1, 0.15) is 58.3 Å². The van der Waals surface area contributed by atoms with Crippen LogP contribution in [0.3, 0.4) is 0 Å². The molecule has 0 spiro atoms. The fourth-order valence-electron chi connectivity index (χ4n) is 3.17. The molecule has 21 heavy (non-hydrogen) atoms. The number of carbonyl (C=O) groups excluding carboxylic acids is 2. The number of azo groups is 1. The molecule has 6 nitrogen and oxygen atoms in total. The number of rotatable bonds is 5. The van der Waals surface area contributed by atoms with E-state index in [1.165, 1.54) is 6.92 Å².